The Morgan fingerprint density at radius 2 is 2.00 bits per heavy atom. The molecule has 1 aromatic rings. The quantitative estimate of drug-likeness (QED) is 0.764. The number of hydrogen-bond acceptors (Lipinski definition) is 2. The lowest BCUT2D eigenvalue weighted by atomic mass is 10.1. The van der Waals surface area contributed by atoms with Crippen molar-refractivity contribution in [2.24, 2.45) is 5.73 Å². The van der Waals surface area contributed by atoms with Crippen LogP contribution in [0.3, 0.4) is 0 Å². The van der Waals surface area contributed by atoms with Crippen LogP contribution in [0.25, 0.3) is 0 Å². The molecule has 0 aliphatic rings. The minimum absolute atomic E-state index is 0.242. The van der Waals surface area contributed by atoms with E-state index in [9.17, 15) is 4.39 Å². The number of rotatable bonds is 3. The lowest BCUT2D eigenvalue weighted by Crippen LogP contribution is -2.17. The summed E-state index contributed by atoms with van der Waals surface area (Å²) in [4.78, 5) is 0. The third-order valence-electron chi connectivity index (χ3n) is 1.82. The highest BCUT2D eigenvalue weighted by Gasteiger charge is 2.00. The Labute approximate surface area is 76.8 Å². The standard InChI is InChI=1S/C10H11FN2/c11-9-4-1-8(2-5-9)3-6-10(13)7-12/h1-2,4-5,10H,3,6,13H2. The van der Waals surface area contributed by atoms with Crippen molar-refractivity contribution in [2.75, 3.05) is 0 Å². The van der Waals surface area contributed by atoms with Crippen LogP contribution in [0.4, 0.5) is 4.39 Å². The van der Waals surface area contributed by atoms with Gasteiger partial charge in [0.15, 0.2) is 0 Å². The fourth-order valence-electron chi connectivity index (χ4n) is 1.04. The summed E-state index contributed by atoms with van der Waals surface area (Å²) in [6.07, 6.45) is 1.33. The normalized spacial score (nSPS) is 12.1. The third-order valence-corrected chi connectivity index (χ3v) is 1.82. The zero-order chi connectivity index (χ0) is 9.68. The highest BCUT2D eigenvalue weighted by atomic mass is 19.1. The summed E-state index contributed by atoms with van der Waals surface area (Å²) >= 11 is 0. The van der Waals surface area contributed by atoms with Crippen molar-refractivity contribution in [3.8, 4) is 6.07 Å². The van der Waals surface area contributed by atoms with E-state index < -0.39 is 6.04 Å². The van der Waals surface area contributed by atoms with Crippen molar-refractivity contribution >= 4 is 0 Å². The molecule has 0 saturated heterocycles. The van der Waals surface area contributed by atoms with Crippen LogP contribution < -0.4 is 5.73 Å². The fraction of sp³-hybridized carbons (Fsp3) is 0.300. The van der Waals surface area contributed by atoms with E-state index in [1.807, 2.05) is 6.07 Å². The van der Waals surface area contributed by atoms with Gasteiger partial charge in [0.2, 0.25) is 0 Å². The van der Waals surface area contributed by atoms with Gasteiger partial charge in [0.25, 0.3) is 0 Å². The molecule has 0 bridgehead atoms. The first-order valence-electron chi connectivity index (χ1n) is 4.12. The lowest BCUT2D eigenvalue weighted by molar-refractivity contribution is 0.626. The molecule has 0 aliphatic carbocycles. The second-order valence-corrected chi connectivity index (χ2v) is 2.90. The topological polar surface area (TPSA) is 49.8 Å². The number of nitriles is 1. The molecule has 2 N–H and O–H groups in total. The third kappa shape index (κ3) is 3.22. The Hall–Kier alpha value is -1.40. The monoisotopic (exact) mass is 178 g/mol. The summed E-state index contributed by atoms with van der Waals surface area (Å²) < 4.78 is 12.5. The average molecular weight is 178 g/mol. The van der Waals surface area contributed by atoms with Crippen LogP contribution in [0.15, 0.2) is 24.3 Å². The van der Waals surface area contributed by atoms with Crippen LogP contribution in [0.5, 0.6) is 0 Å². The minimum atomic E-state index is -0.426. The van der Waals surface area contributed by atoms with Gasteiger partial charge in [-0.25, -0.2) is 4.39 Å². The molecule has 0 aromatic heterocycles. The molecule has 1 unspecified atom stereocenters. The smallest absolute Gasteiger partial charge is 0.123 e. The average Bonchev–Trinajstić information content (AvgIpc) is 2.16. The summed E-state index contributed by atoms with van der Waals surface area (Å²) in [6, 6.07) is 7.76. The molecule has 0 fully saturated rings. The molecule has 1 aromatic carbocycles. The maximum absolute atomic E-state index is 12.5. The zero-order valence-electron chi connectivity index (χ0n) is 7.20. The first-order valence-corrected chi connectivity index (χ1v) is 4.12. The van der Waals surface area contributed by atoms with Crippen LogP contribution >= 0.6 is 0 Å². The van der Waals surface area contributed by atoms with Crippen molar-refractivity contribution in [3.05, 3.63) is 35.6 Å². The molecule has 3 heteroatoms. The van der Waals surface area contributed by atoms with E-state index in [4.69, 9.17) is 11.0 Å². The molecule has 68 valence electrons. The number of nitrogens with two attached hydrogens (primary N) is 1. The van der Waals surface area contributed by atoms with Gasteiger partial charge < -0.3 is 5.73 Å². The molecule has 0 amide bonds. The largest absolute Gasteiger partial charge is 0.316 e. The molecule has 0 spiro atoms. The number of benzene rings is 1. The summed E-state index contributed by atoms with van der Waals surface area (Å²) in [5.41, 5.74) is 6.42. The molecule has 13 heavy (non-hydrogen) atoms. The molecule has 0 saturated carbocycles. The Balaban J connectivity index is 2.47. The van der Waals surface area contributed by atoms with Crippen molar-refractivity contribution in [2.45, 2.75) is 18.9 Å². The first-order chi connectivity index (χ1) is 6.22. The Morgan fingerprint density at radius 3 is 2.54 bits per heavy atom. The molecule has 0 aliphatic heterocycles. The molecular weight excluding hydrogens is 167 g/mol. The molecule has 2 nitrogen and oxygen atoms in total. The maximum Gasteiger partial charge on any atom is 0.123 e. The van der Waals surface area contributed by atoms with Gasteiger partial charge in [-0.05, 0) is 30.5 Å². The summed E-state index contributed by atoms with van der Waals surface area (Å²) in [5, 5.41) is 8.42. The van der Waals surface area contributed by atoms with Gasteiger partial charge in [-0.1, -0.05) is 12.1 Å². The number of halogens is 1. The second kappa shape index (κ2) is 4.58. The predicted octanol–water partition coefficient (Wildman–Crippen LogP) is 1.61. The van der Waals surface area contributed by atoms with Gasteiger partial charge in [-0.3, -0.25) is 0 Å². The minimum Gasteiger partial charge on any atom is -0.316 e. The van der Waals surface area contributed by atoms with Crippen LogP contribution in [0, 0.1) is 17.1 Å². The van der Waals surface area contributed by atoms with Crippen molar-refractivity contribution in [1.82, 2.24) is 0 Å². The van der Waals surface area contributed by atoms with E-state index in [1.165, 1.54) is 12.1 Å². The molecule has 0 heterocycles. The fourth-order valence-corrected chi connectivity index (χ4v) is 1.04. The van der Waals surface area contributed by atoms with Crippen LogP contribution in [0.2, 0.25) is 0 Å². The van der Waals surface area contributed by atoms with E-state index >= 15 is 0 Å². The highest BCUT2D eigenvalue weighted by molar-refractivity contribution is 5.16. The van der Waals surface area contributed by atoms with Gasteiger partial charge in [0.05, 0.1) is 12.1 Å². The Bertz CT molecular complexity index is 300. The van der Waals surface area contributed by atoms with E-state index in [-0.39, 0.29) is 5.82 Å². The van der Waals surface area contributed by atoms with Gasteiger partial charge in [0, 0.05) is 0 Å². The maximum atomic E-state index is 12.5. The van der Waals surface area contributed by atoms with E-state index in [0.29, 0.717) is 6.42 Å². The van der Waals surface area contributed by atoms with Gasteiger partial charge in [0.1, 0.15) is 5.82 Å². The molecule has 1 rings (SSSR count). The van der Waals surface area contributed by atoms with Crippen LogP contribution in [-0.2, 0) is 6.42 Å². The molecule has 0 radical (unpaired) electrons. The van der Waals surface area contributed by atoms with E-state index in [0.717, 1.165) is 12.0 Å². The van der Waals surface area contributed by atoms with Gasteiger partial charge in [-0.2, -0.15) is 5.26 Å². The van der Waals surface area contributed by atoms with Crippen LogP contribution in [-0.4, -0.2) is 6.04 Å². The number of aryl methyl sites for hydroxylation is 1. The zero-order valence-corrected chi connectivity index (χ0v) is 7.20. The number of nitrogens with zero attached hydrogens (tertiary/aromatic N) is 1. The van der Waals surface area contributed by atoms with Crippen molar-refractivity contribution in [1.29, 1.82) is 5.26 Å². The Kier molecular flexibility index (Phi) is 3.41. The van der Waals surface area contributed by atoms with E-state index in [2.05, 4.69) is 0 Å². The van der Waals surface area contributed by atoms with Gasteiger partial charge in [-0.15, -0.1) is 0 Å². The summed E-state index contributed by atoms with van der Waals surface area (Å²) in [7, 11) is 0. The van der Waals surface area contributed by atoms with Crippen molar-refractivity contribution < 1.29 is 4.39 Å². The van der Waals surface area contributed by atoms with Crippen LogP contribution in [0.1, 0.15) is 12.0 Å². The van der Waals surface area contributed by atoms with Gasteiger partial charge >= 0.3 is 0 Å². The summed E-state index contributed by atoms with van der Waals surface area (Å²) in [6.45, 7) is 0. The molecular formula is C10H11FN2. The molecule has 1 atom stereocenters. The summed E-state index contributed by atoms with van der Waals surface area (Å²) in [5.74, 6) is -0.242. The highest BCUT2D eigenvalue weighted by Crippen LogP contribution is 2.06. The number of hydrogen-bond donors (Lipinski definition) is 1. The predicted molar refractivity (Wildman–Crippen MR) is 48.3 cm³/mol. The lowest BCUT2D eigenvalue weighted by Gasteiger charge is -2.02. The Morgan fingerprint density at radius 1 is 1.38 bits per heavy atom. The first kappa shape index (κ1) is 9.69. The SMILES string of the molecule is N#CC(N)CCc1ccc(F)cc1. The van der Waals surface area contributed by atoms with E-state index in [1.54, 1.807) is 12.1 Å². The van der Waals surface area contributed by atoms with Crippen molar-refractivity contribution in [3.63, 3.8) is 0 Å². The second-order valence-electron chi connectivity index (χ2n) is 2.90.